The quantitative estimate of drug-likeness (QED) is 0.292. The summed E-state index contributed by atoms with van der Waals surface area (Å²) in [6, 6.07) is 0. The van der Waals surface area contributed by atoms with Gasteiger partial charge in [-0.25, -0.2) is 0 Å². The van der Waals surface area contributed by atoms with Gasteiger partial charge in [0.1, 0.15) is 6.11 Å². The summed E-state index contributed by atoms with van der Waals surface area (Å²) in [5.41, 5.74) is -0.712. The van der Waals surface area contributed by atoms with Crippen LogP contribution in [-0.4, -0.2) is 37.0 Å². The molecule has 0 amide bonds. The first-order valence-corrected chi connectivity index (χ1v) is 3.84. The van der Waals surface area contributed by atoms with E-state index in [9.17, 15) is 0 Å². The van der Waals surface area contributed by atoms with Crippen molar-refractivity contribution < 1.29 is 14.2 Å². The molecule has 0 radical (unpaired) electrons. The summed E-state index contributed by atoms with van der Waals surface area (Å²) < 4.78 is 14.5. The summed E-state index contributed by atoms with van der Waals surface area (Å²) in [6.45, 7) is 0. The average Bonchev–Trinajstić information content (AvgIpc) is 2.00. The number of ether oxygens (including phenoxy) is 3. The largest absolute Gasteiger partial charge is 0.450 e. The Morgan fingerprint density at radius 2 is 1.70 bits per heavy atom. The Balaban J connectivity index is 4.05. The topological polar surface area (TPSA) is 27.7 Å². The summed E-state index contributed by atoms with van der Waals surface area (Å²) in [5, 5.41) is 0. The molecule has 3 nitrogen and oxygen atoms in total. The molecule has 0 bridgehead atoms. The van der Waals surface area contributed by atoms with Crippen molar-refractivity contribution in [2.75, 3.05) is 21.3 Å². The van der Waals surface area contributed by atoms with E-state index in [1.54, 1.807) is 14.2 Å². The molecule has 0 saturated carbocycles. The summed E-state index contributed by atoms with van der Waals surface area (Å²) in [4.78, 5) is 0. The van der Waals surface area contributed by atoms with E-state index in [4.69, 9.17) is 9.47 Å². The second-order valence-corrected chi connectivity index (χ2v) is 3.10. The second kappa shape index (κ2) is 4.33. The normalized spacial score (nSPS) is 10.3. The third kappa shape index (κ3) is 2.87. The van der Waals surface area contributed by atoms with E-state index in [1.165, 1.54) is 7.11 Å². The van der Waals surface area contributed by atoms with Gasteiger partial charge in [-0.2, -0.15) is 0 Å². The van der Waals surface area contributed by atoms with Crippen LogP contribution in [0.25, 0.3) is 0 Å². The smallest absolute Gasteiger partial charge is 0.204 e. The lowest BCUT2D eigenvalue weighted by Gasteiger charge is -2.18. The lowest BCUT2D eigenvalue weighted by Crippen LogP contribution is -2.32. The zero-order valence-electron chi connectivity index (χ0n) is 6.72. The Morgan fingerprint density at radius 1 is 1.20 bits per heavy atom. The monoisotopic (exact) mass is 160 g/mol. The van der Waals surface area contributed by atoms with E-state index in [2.05, 4.69) is 16.8 Å². The highest BCUT2D eigenvalue weighted by Gasteiger charge is 2.17. The highest BCUT2D eigenvalue weighted by atomic mass is 28.1. The minimum atomic E-state index is -0.712. The summed E-state index contributed by atoms with van der Waals surface area (Å²) in [5.74, 6) is 2.69. The first-order chi connectivity index (χ1) is 4.68. The van der Waals surface area contributed by atoms with Gasteiger partial charge < -0.3 is 14.2 Å². The third-order valence-corrected chi connectivity index (χ3v) is 2.23. The van der Waals surface area contributed by atoms with Crippen molar-refractivity contribution in [1.29, 1.82) is 0 Å². The Morgan fingerprint density at radius 3 is 2.00 bits per heavy atom. The maximum absolute atomic E-state index is 4.97. The Hall–Kier alpha value is -0.503. The highest BCUT2D eigenvalue weighted by Crippen LogP contribution is 2.01. The fraction of sp³-hybridized carbons (Fsp3) is 0.667. The third-order valence-electron chi connectivity index (χ3n) is 1.16. The van der Waals surface area contributed by atoms with Crippen LogP contribution in [0.3, 0.4) is 0 Å². The molecule has 0 saturated heterocycles. The van der Waals surface area contributed by atoms with Crippen LogP contribution in [0.2, 0.25) is 0 Å². The molecule has 10 heavy (non-hydrogen) atoms. The van der Waals surface area contributed by atoms with Crippen LogP contribution in [0, 0.1) is 12.0 Å². The van der Waals surface area contributed by atoms with Gasteiger partial charge in [0.05, 0.1) is 17.4 Å². The number of methoxy groups -OCH3 is 3. The highest BCUT2D eigenvalue weighted by molar-refractivity contribution is 6.15. The van der Waals surface area contributed by atoms with Crippen molar-refractivity contribution in [3.8, 4) is 12.0 Å². The first kappa shape index (κ1) is 9.50. The van der Waals surface area contributed by atoms with Crippen LogP contribution >= 0.6 is 0 Å². The van der Waals surface area contributed by atoms with Crippen LogP contribution in [0.1, 0.15) is 0 Å². The van der Waals surface area contributed by atoms with Crippen LogP contribution in [0.5, 0.6) is 0 Å². The molecule has 0 fully saturated rings. The van der Waals surface area contributed by atoms with Gasteiger partial charge in [0.2, 0.25) is 5.41 Å². The van der Waals surface area contributed by atoms with Crippen molar-refractivity contribution >= 4 is 10.2 Å². The summed E-state index contributed by atoms with van der Waals surface area (Å²) in [6.07, 6.45) is 2.43. The minimum absolute atomic E-state index is 0.686. The molecule has 0 aromatic carbocycles. The van der Waals surface area contributed by atoms with E-state index in [1.807, 2.05) is 0 Å². The van der Waals surface area contributed by atoms with Crippen LogP contribution < -0.4 is 0 Å². The lowest BCUT2D eigenvalue weighted by atomic mass is 10.6. The van der Waals surface area contributed by atoms with E-state index in [0.29, 0.717) is 10.2 Å². The molecule has 0 aliphatic carbocycles. The zero-order valence-corrected chi connectivity index (χ0v) is 8.72. The molecular formula is C6H12O3Si. The van der Waals surface area contributed by atoms with Crippen LogP contribution in [-0.2, 0) is 14.2 Å². The Labute approximate surface area is 64.1 Å². The predicted octanol–water partition coefficient (Wildman–Crippen LogP) is -1.09. The fourth-order valence-electron chi connectivity index (χ4n) is 0.329. The van der Waals surface area contributed by atoms with Crippen molar-refractivity contribution in [2.45, 2.75) is 5.41 Å². The van der Waals surface area contributed by atoms with Crippen molar-refractivity contribution in [1.82, 2.24) is 0 Å². The minimum Gasteiger partial charge on any atom is -0.450 e. The molecule has 0 aliphatic heterocycles. The molecule has 0 spiro atoms. The number of hydrogen-bond donors (Lipinski definition) is 0. The second-order valence-electron chi connectivity index (χ2n) is 1.79. The van der Waals surface area contributed by atoms with Crippen molar-refractivity contribution in [3.05, 3.63) is 0 Å². The molecule has 0 N–H and O–H groups in total. The van der Waals surface area contributed by atoms with Gasteiger partial charge in [-0.3, -0.25) is 0 Å². The summed E-state index contributed by atoms with van der Waals surface area (Å²) >= 11 is 0. The molecule has 0 rings (SSSR count). The van der Waals surface area contributed by atoms with E-state index < -0.39 is 5.41 Å². The zero-order chi connectivity index (χ0) is 8.04. The first-order valence-electron chi connectivity index (χ1n) is 2.84. The van der Waals surface area contributed by atoms with Gasteiger partial charge in [-0.15, -0.1) is 0 Å². The van der Waals surface area contributed by atoms with Gasteiger partial charge in [0.15, 0.2) is 0 Å². The molecule has 0 unspecified atom stereocenters. The molecule has 0 aromatic rings. The van der Waals surface area contributed by atoms with Gasteiger partial charge in [0.25, 0.3) is 0 Å². The maximum atomic E-state index is 4.97. The molecule has 0 heterocycles. The van der Waals surface area contributed by atoms with Crippen molar-refractivity contribution in [2.24, 2.45) is 0 Å². The van der Waals surface area contributed by atoms with Gasteiger partial charge in [0, 0.05) is 14.2 Å². The average molecular weight is 160 g/mol. The molecular weight excluding hydrogens is 148 g/mol. The van der Waals surface area contributed by atoms with Crippen LogP contribution in [0.4, 0.5) is 0 Å². The van der Waals surface area contributed by atoms with E-state index >= 15 is 0 Å². The standard InChI is InChI=1S/C6H12O3Si/c1-7-5-4-6(10,8-2)9-3/h1-3,10H3. The van der Waals surface area contributed by atoms with Gasteiger partial charge in [-0.1, -0.05) is 0 Å². The molecule has 4 heteroatoms. The number of rotatable bonds is 2. The molecule has 58 valence electrons. The Kier molecular flexibility index (Phi) is 4.12. The maximum Gasteiger partial charge on any atom is 0.204 e. The fourth-order valence-corrected chi connectivity index (χ4v) is 0.431. The van der Waals surface area contributed by atoms with Crippen molar-refractivity contribution in [3.63, 3.8) is 0 Å². The molecule has 0 aromatic heterocycles. The molecule has 0 atom stereocenters. The van der Waals surface area contributed by atoms with Crippen LogP contribution in [0.15, 0.2) is 0 Å². The Bertz CT molecular complexity index is 143. The van der Waals surface area contributed by atoms with Gasteiger partial charge >= 0.3 is 0 Å². The van der Waals surface area contributed by atoms with E-state index in [0.717, 1.165) is 0 Å². The van der Waals surface area contributed by atoms with E-state index in [-0.39, 0.29) is 0 Å². The lowest BCUT2D eigenvalue weighted by molar-refractivity contribution is -0.0978. The predicted molar refractivity (Wildman–Crippen MR) is 41.5 cm³/mol. The van der Waals surface area contributed by atoms with Gasteiger partial charge in [-0.05, 0) is 5.92 Å². The number of hydrogen-bond acceptors (Lipinski definition) is 3. The molecule has 0 aliphatic rings. The summed E-state index contributed by atoms with van der Waals surface area (Å²) in [7, 11) is 5.30. The SMILES string of the molecule is COC#CC([SiH3])(OC)OC.